The Labute approximate surface area is 150 Å². The van der Waals surface area contributed by atoms with Crippen molar-refractivity contribution in [3.63, 3.8) is 0 Å². The first-order valence-electron chi connectivity index (χ1n) is 8.25. The number of carbonyl (C=O) groups excluding carboxylic acids is 1. The van der Waals surface area contributed by atoms with Gasteiger partial charge in [0.05, 0.1) is 0 Å². The van der Waals surface area contributed by atoms with Gasteiger partial charge in [-0.05, 0) is 44.0 Å². The maximum Gasteiger partial charge on any atom is 0.254 e. The Kier molecular flexibility index (Phi) is 5.17. The fourth-order valence-corrected chi connectivity index (χ4v) is 2.53. The summed E-state index contributed by atoms with van der Waals surface area (Å²) in [5.41, 5.74) is 2.63. The topological polar surface area (TPSA) is 101 Å². The molecule has 7 nitrogen and oxygen atoms in total. The summed E-state index contributed by atoms with van der Waals surface area (Å²) in [6.07, 6.45) is 5.46. The third-order valence-corrected chi connectivity index (χ3v) is 3.94. The Balaban J connectivity index is 1.69. The van der Waals surface area contributed by atoms with Crippen molar-refractivity contribution in [1.29, 1.82) is 0 Å². The molecule has 0 unspecified atom stereocenters. The lowest BCUT2D eigenvalue weighted by molar-refractivity contribution is -0.116. The second-order valence-corrected chi connectivity index (χ2v) is 5.99. The second kappa shape index (κ2) is 7.69. The van der Waals surface area contributed by atoms with Crippen molar-refractivity contribution in [2.45, 2.75) is 26.7 Å². The minimum Gasteiger partial charge on any atom is -0.311 e. The monoisotopic (exact) mass is 349 g/mol. The minimum atomic E-state index is -0.238. The highest BCUT2D eigenvalue weighted by molar-refractivity contribution is 5.89. The molecule has 0 saturated carbocycles. The Morgan fingerprint density at radius 2 is 2.04 bits per heavy atom. The SMILES string of the molecule is Cc1ccc(NC(=O)CCc2c(C)nc(-c3cccnc3)[nH]c2=O)nc1. The van der Waals surface area contributed by atoms with E-state index in [1.54, 1.807) is 37.6 Å². The van der Waals surface area contributed by atoms with Crippen LogP contribution in [-0.2, 0) is 11.2 Å². The van der Waals surface area contributed by atoms with E-state index >= 15 is 0 Å². The average molecular weight is 349 g/mol. The molecule has 0 aliphatic rings. The van der Waals surface area contributed by atoms with E-state index in [0.29, 0.717) is 29.3 Å². The number of rotatable bonds is 5. The van der Waals surface area contributed by atoms with Crippen LogP contribution in [0.15, 0.2) is 47.7 Å². The summed E-state index contributed by atoms with van der Waals surface area (Å²) in [6, 6.07) is 7.22. The molecule has 0 fully saturated rings. The zero-order valence-electron chi connectivity index (χ0n) is 14.6. The van der Waals surface area contributed by atoms with E-state index < -0.39 is 0 Å². The molecule has 3 rings (SSSR count). The molecule has 0 aromatic carbocycles. The number of pyridine rings is 2. The number of aromatic nitrogens is 4. The minimum absolute atomic E-state index is 0.174. The maximum absolute atomic E-state index is 12.4. The molecule has 3 aromatic rings. The molecular weight excluding hydrogens is 330 g/mol. The molecule has 3 aromatic heterocycles. The van der Waals surface area contributed by atoms with E-state index in [-0.39, 0.29) is 17.9 Å². The molecule has 26 heavy (non-hydrogen) atoms. The summed E-state index contributed by atoms with van der Waals surface area (Å²) in [7, 11) is 0. The number of hydrogen-bond acceptors (Lipinski definition) is 5. The Bertz CT molecular complexity index is 965. The van der Waals surface area contributed by atoms with Crippen LogP contribution in [-0.4, -0.2) is 25.8 Å². The zero-order valence-corrected chi connectivity index (χ0v) is 14.6. The van der Waals surface area contributed by atoms with E-state index in [0.717, 1.165) is 11.1 Å². The molecule has 0 radical (unpaired) electrons. The lowest BCUT2D eigenvalue weighted by Gasteiger charge is -2.08. The highest BCUT2D eigenvalue weighted by Gasteiger charge is 2.12. The van der Waals surface area contributed by atoms with Gasteiger partial charge in [-0.1, -0.05) is 6.07 Å². The Morgan fingerprint density at radius 1 is 1.19 bits per heavy atom. The van der Waals surface area contributed by atoms with E-state index in [1.165, 1.54) is 0 Å². The van der Waals surface area contributed by atoms with Gasteiger partial charge in [0.2, 0.25) is 5.91 Å². The molecular formula is C19H19N5O2. The van der Waals surface area contributed by atoms with Crippen molar-refractivity contribution in [3.8, 4) is 11.4 Å². The van der Waals surface area contributed by atoms with Gasteiger partial charge in [-0.15, -0.1) is 0 Å². The number of nitrogens with one attached hydrogen (secondary N) is 2. The van der Waals surface area contributed by atoms with Crippen LogP contribution in [0.1, 0.15) is 23.2 Å². The lowest BCUT2D eigenvalue weighted by atomic mass is 10.1. The van der Waals surface area contributed by atoms with Gasteiger partial charge in [0.1, 0.15) is 11.6 Å². The molecule has 3 heterocycles. The summed E-state index contributed by atoms with van der Waals surface area (Å²) in [6.45, 7) is 3.69. The number of nitrogens with zero attached hydrogens (tertiary/aromatic N) is 3. The molecule has 1 amide bonds. The van der Waals surface area contributed by atoms with Crippen LogP contribution < -0.4 is 10.9 Å². The van der Waals surface area contributed by atoms with Crippen LogP contribution in [0, 0.1) is 13.8 Å². The number of hydrogen-bond donors (Lipinski definition) is 2. The third-order valence-electron chi connectivity index (χ3n) is 3.94. The number of amides is 1. The normalized spacial score (nSPS) is 10.5. The molecule has 132 valence electrons. The second-order valence-electron chi connectivity index (χ2n) is 5.99. The summed E-state index contributed by atoms with van der Waals surface area (Å²) in [5, 5.41) is 2.72. The van der Waals surface area contributed by atoms with E-state index in [1.807, 2.05) is 19.1 Å². The molecule has 0 spiro atoms. The average Bonchev–Trinajstić information content (AvgIpc) is 2.63. The predicted octanol–water partition coefficient (Wildman–Crippen LogP) is 2.42. The summed E-state index contributed by atoms with van der Waals surface area (Å²) in [4.78, 5) is 39.8. The molecule has 0 saturated heterocycles. The van der Waals surface area contributed by atoms with Gasteiger partial charge in [0.25, 0.3) is 5.56 Å². The first-order valence-corrected chi connectivity index (χ1v) is 8.25. The van der Waals surface area contributed by atoms with Crippen molar-refractivity contribution in [1.82, 2.24) is 19.9 Å². The largest absolute Gasteiger partial charge is 0.311 e. The molecule has 0 bridgehead atoms. The first-order chi connectivity index (χ1) is 12.5. The maximum atomic E-state index is 12.4. The van der Waals surface area contributed by atoms with Crippen LogP contribution in [0.25, 0.3) is 11.4 Å². The summed E-state index contributed by atoms with van der Waals surface area (Å²) < 4.78 is 0. The van der Waals surface area contributed by atoms with Gasteiger partial charge in [-0.2, -0.15) is 0 Å². The number of aryl methyl sites for hydroxylation is 2. The highest BCUT2D eigenvalue weighted by Crippen LogP contribution is 2.13. The zero-order chi connectivity index (χ0) is 18.5. The van der Waals surface area contributed by atoms with E-state index in [2.05, 4.69) is 25.3 Å². The molecule has 7 heteroatoms. The Hall–Kier alpha value is -3.35. The fourth-order valence-electron chi connectivity index (χ4n) is 2.53. The number of anilines is 1. The van der Waals surface area contributed by atoms with Crippen LogP contribution in [0.3, 0.4) is 0 Å². The van der Waals surface area contributed by atoms with Crippen molar-refractivity contribution >= 4 is 11.7 Å². The summed E-state index contributed by atoms with van der Waals surface area (Å²) in [5.74, 6) is 0.769. The lowest BCUT2D eigenvalue weighted by Crippen LogP contribution is -2.20. The number of aromatic amines is 1. The van der Waals surface area contributed by atoms with E-state index in [9.17, 15) is 9.59 Å². The van der Waals surface area contributed by atoms with Gasteiger partial charge >= 0.3 is 0 Å². The molecule has 0 atom stereocenters. The first kappa shape index (κ1) is 17.5. The van der Waals surface area contributed by atoms with Crippen molar-refractivity contribution < 1.29 is 4.79 Å². The fraction of sp³-hybridized carbons (Fsp3) is 0.211. The molecule has 0 aliphatic carbocycles. The predicted molar refractivity (Wildman–Crippen MR) is 98.8 cm³/mol. The van der Waals surface area contributed by atoms with Crippen LogP contribution in [0.5, 0.6) is 0 Å². The molecule has 0 aliphatic heterocycles. The standard InChI is InChI=1S/C19H19N5O2/c1-12-5-7-16(21-10-12)23-17(25)8-6-15-13(2)22-18(24-19(15)26)14-4-3-9-20-11-14/h3-5,7,9-11H,6,8H2,1-2H3,(H,21,23,25)(H,22,24,26). The number of carbonyl (C=O) groups is 1. The highest BCUT2D eigenvalue weighted by atomic mass is 16.1. The third kappa shape index (κ3) is 4.18. The van der Waals surface area contributed by atoms with Crippen LogP contribution in [0.2, 0.25) is 0 Å². The van der Waals surface area contributed by atoms with Crippen LogP contribution >= 0.6 is 0 Å². The van der Waals surface area contributed by atoms with Crippen LogP contribution in [0.4, 0.5) is 5.82 Å². The number of H-pyrrole nitrogens is 1. The van der Waals surface area contributed by atoms with Crippen molar-refractivity contribution in [2.24, 2.45) is 0 Å². The van der Waals surface area contributed by atoms with Crippen molar-refractivity contribution in [2.75, 3.05) is 5.32 Å². The van der Waals surface area contributed by atoms with Gasteiger partial charge < -0.3 is 10.3 Å². The van der Waals surface area contributed by atoms with Gasteiger partial charge in [-0.25, -0.2) is 9.97 Å². The van der Waals surface area contributed by atoms with Gasteiger partial charge in [-0.3, -0.25) is 14.6 Å². The summed E-state index contributed by atoms with van der Waals surface area (Å²) >= 11 is 0. The molecule has 2 N–H and O–H groups in total. The Morgan fingerprint density at radius 3 is 2.69 bits per heavy atom. The smallest absolute Gasteiger partial charge is 0.254 e. The van der Waals surface area contributed by atoms with Crippen molar-refractivity contribution in [3.05, 3.63) is 70.0 Å². The van der Waals surface area contributed by atoms with Gasteiger partial charge in [0.15, 0.2) is 0 Å². The quantitative estimate of drug-likeness (QED) is 0.737. The van der Waals surface area contributed by atoms with E-state index in [4.69, 9.17) is 0 Å². The van der Waals surface area contributed by atoms with Gasteiger partial charge in [0, 0.05) is 41.8 Å².